The summed E-state index contributed by atoms with van der Waals surface area (Å²) in [5.74, 6) is 2.84. The Morgan fingerprint density at radius 3 is 1.73 bits per heavy atom. The number of halogens is 3. The van der Waals surface area contributed by atoms with Crippen LogP contribution in [-0.2, 0) is 6.42 Å². The fourth-order valence-electron chi connectivity index (χ4n) is 5.43. The fourth-order valence-corrected chi connectivity index (χ4v) is 5.74. The van der Waals surface area contributed by atoms with Crippen LogP contribution in [0.3, 0.4) is 0 Å². The summed E-state index contributed by atoms with van der Waals surface area (Å²) < 4.78 is 27.5. The van der Waals surface area contributed by atoms with Gasteiger partial charge in [0.25, 0.3) is 0 Å². The lowest BCUT2D eigenvalue weighted by atomic mass is 9.68. The molecule has 0 spiro atoms. The van der Waals surface area contributed by atoms with E-state index in [9.17, 15) is 8.78 Å². The van der Waals surface area contributed by atoms with Crippen LogP contribution in [0.15, 0.2) is 12.1 Å². The summed E-state index contributed by atoms with van der Waals surface area (Å²) in [5, 5.41) is 0. The average molecular weight is 474 g/mol. The summed E-state index contributed by atoms with van der Waals surface area (Å²) in [7, 11) is 0. The minimum absolute atomic E-state index is 0.112. The Bertz CT molecular complexity index is 547. The first-order valence-electron chi connectivity index (χ1n) is 10.7. The monoisotopic (exact) mass is 474 g/mol. The lowest BCUT2D eigenvalue weighted by molar-refractivity contribution is 0.141. The number of hydrogen-bond acceptors (Lipinski definition) is 0. The second-order valence-electron chi connectivity index (χ2n) is 8.76. The Morgan fingerprint density at radius 1 is 0.808 bits per heavy atom. The molecule has 1 aromatic rings. The van der Waals surface area contributed by atoms with Gasteiger partial charge in [0.2, 0.25) is 0 Å². The van der Waals surface area contributed by atoms with Gasteiger partial charge in [-0.05, 0) is 102 Å². The Hall–Kier alpha value is -0.190. The predicted octanol–water partition coefficient (Wildman–Crippen LogP) is 7.91. The third kappa shape index (κ3) is 5.42. The SMILES string of the molecule is CCC[C@H]1CC[C@H]([C@H]2CC[C@H](CCc3cc(F)c(I)c(F)c3)CC2)CC1. The average Bonchev–Trinajstić information content (AvgIpc) is 2.66. The normalized spacial score (nSPS) is 29.7. The van der Waals surface area contributed by atoms with Crippen LogP contribution in [0.4, 0.5) is 8.78 Å². The first kappa shape index (κ1) is 20.5. The van der Waals surface area contributed by atoms with Gasteiger partial charge in [-0.1, -0.05) is 45.4 Å². The van der Waals surface area contributed by atoms with Crippen LogP contribution in [0, 0.1) is 38.9 Å². The van der Waals surface area contributed by atoms with Crippen LogP contribution < -0.4 is 0 Å². The van der Waals surface area contributed by atoms with Crippen LogP contribution >= 0.6 is 22.6 Å². The minimum Gasteiger partial charge on any atom is -0.206 e. The van der Waals surface area contributed by atoms with Crippen molar-refractivity contribution < 1.29 is 8.78 Å². The van der Waals surface area contributed by atoms with Crippen molar-refractivity contribution in [3.05, 3.63) is 32.9 Å². The van der Waals surface area contributed by atoms with E-state index in [0.717, 1.165) is 42.1 Å². The van der Waals surface area contributed by atoms with Gasteiger partial charge in [0, 0.05) is 0 Å². The van der Waals surface area contributed by atoms with E-state index in [1.807, 2.05) is 0 Å². The van der Waals surface area contributed by atoms with E-state index in [1.54, 1.807) is 22.6 Å². The van der Waals surface area contributed by atoms with Crippen molar-refractivity contribution >= 4 is 22.6 Å². The van der Waals surface area contributed by atoms with E-state index in [4.69, 9.17) is 0 Å². The van der Waals surface area contributed by atoms with Crippen molar-refractivity contribution in [1.29, 1.82) is 0 Å². The second-order valence-corrected chi connectivity index (χ2v) is 9.84. The molecule has 0 amide bonds. The zero-order valence-corrected chi connectivity index (χ0v) is 18.2. The van der Waals surface area contributed by atoms with Crippen molar-refractivity contribution in [3.63, 3.8) is 0 Å². The van der Waals surface area contributed by atoms with E-state index in [-0.39, 0.29) is 3.57 Å². The molecule has 3 heteroatoms. The molecule has 0 aliphatic heterocycles. The Kier molecular flexibility index (Phi) is 7.77. The second kappa shape index (κ2) is 9.84. The zero-order valence-electron chi connectivity index (χ0n) is 16.1. The molecule has 0 radical (unpaired) electrons. The predicted molar refractivity (Wildman–Crippen MR) is 113 cm³/mol. The molecule has 3 rings (SSSR count). The molecule has 26 heavy (non-hydrogen) atoms. The van der Waals surface area contributed by atoms with Crippen molar-refractivity contribution in [2.24, 2.45) is 23.7 Å². The first-order valence-corrected chi connectivity index (χ1v) is 11.8. The van der Waals surface area contributed by atoms with Gasteiger partial charge < -0.3 is 0 Å². The fraction of sp³-hybridized carbons (Fsp3) is 0.739. The van der Waals surface area contributed by atoms with Crippen LogP contribution in [-0.4, -0.2) is 0 Å². The van der Waals surface area contributed by atoms with Gasteiger partial charge in [-0.15, -0.1) is 0 Å². The molecule has 1 aromatic carbocycles. The highest BCUT2D eigenvalue weighted by atomic mass is 127. The first-order chi connectivity index (χ1) is 12.6. The largest absolute Gasteiger partial charge is 0.206 e. The van der Waals surface area contributed by atoms with E-state index < -0.39 is 11.6 Å². The molecule has 0 nitrogen and oxygen atoms in total. The molecular weight excluding hydrogens is 441 g/mol. The molecule has 0 N–H and O–H groups in total. The molecule has 0 heterocycles. The van der Waals surface area contributed by atoms with Gasteiger partial charge in [0.05, 0.1) is 3.57 Å². The molecule has 2 fully saturated rings. The highest BCUT2D eigenvalue weighted by Gasteiger charge is 2.30. The summed E-state index contributed by atoms with van der Waals surface area (Å²) in [6.07, 6.45) is 15.9. The van der Waals surface area contributed by atoms with Crippen LogP contribution in [0.25, 0.3) is 0 Å². The van der Waals surface area contributed by atoms with E-state index in [1.165, 1.54) is 76.3 Å². The van der Waals surface area contributed by atoms with Gasteiger partial charge in [-0.25, -0.2) is 8.78 Å². The van der Waals surface area contributed by atoms with E-state index in [2.05, 4.69) is 6.92 Å². The Labute approximate surface area is 171 Å². The molecule has 2 aliphatic rings. The topological polar surface area (TPSA) is 0 Å². The Morgan fingerprint density at radius 2 is 1.27 bits per heavy atom. The number of hydrogen-bond donors (Lipinski definition) is 0. The van der Waals surface area contributed by atoms with Crippen LogP contribution in [0.5, 0.6) is 0 Å². The maximum atomic E-state index is 13.7. The quantitative estimate of drug-likeness (QED) is 0.290. The third-order valence-electron chi connectivity index (χ3n) is 7.03. The van der Waals surface area contributed by atoms with Crippen molar-refractivity contribution in [3.8, 4) is 0 Å². The standard InChI is InChI=1S/C23H33F2I/c1-2-3-16-6-10-19(11-7-16)20-12-8-17(9-13-20)4-5-18-14-21(24)23(26)22(25)15-18/h14-17,19-20H,2-13H2,1H3/t16-,17-,19-,20-. The smallest absolute Gasteiger partial charge is 0.139 e. The molecule has 0 saturated heterocycles. The number of benzene rings is 1. The molecule has 0 bridgehead atoms. The summed E-state index contributed by atoms with van der Waals surface area (Å²) in [6.45, 7) is 2.31. The van der Waals surface area contributed by atoms with Crippen molar-refractivity contribution in [2.45, 2.75) is 84.0 Å². The molecule has 0 aromatic heterocycles. The third-order valence-corrected chi connectivity index (χ3v) is 8.06. The summed E-state index contributed by atoms with van der Waals surface area (Å²) in [6, 6.07) is 3.04. The molecular formula is C23H33F2I. The maximum absolute atomic E-state index is 13.7. The molecule has 146 valence electrons. The van der Waals surface area contributed by atoms with Crippen LogP contribution in [0.1, 0.15) is 83.1 Å². The van der Waals surface area contributed by atoms with Crippen LogP contribution in [0.2, 0.25) is 0 Å². The molecule has 0 atom stereocenters. The van der Waals surface area contributed by atoms with Gasteiger partial charge in [-0.3, -0.25) is 0 Å². The van der Waals surface area contributed by atoms with E-state index >= 15 is 0 Å². The van der Waals surface area contributed by atoms with Gasteiger partial charge in [0.15, 0.2) is 0 Å². The van der Waals surface area contributed by atoms with Gasteiger partial charge in [0.1, 0.15) is 11.6 Å². The van der Waals surface area contributed by atoms with Gasteiger partial charge in [-0.2, -0.15) is 0 Å². The maximum Gasteiger partial charge on any atom is 0.139 e. The molecule has 2 saturated carbocycles. The summed E-state index contributed by atoms with van der Waals surface area (Å²) in [4.78, 5) is 0. The van der Waals surface area contributed by atoms with Crippen molar-refractivity contribution in [2.75, 3.05) is 0 Å². The lowest BCUT2D eigenvalue weighted by Crippen LogP contribution is -2.26. The van der Waals surface area contributed by atoms with E-state index in [0.29, 0.717) is 0 Å². The lowest BCUT2D eigenvalue weighted by Gasteiger charge is -2.38. The van der Waals surface area contributed by atoms with Gasteiger partial charge >= 0.3 is 0 Å². The molecule has 2 aliphatic carbocycles. The van der Waals surface area contributed by atoms with Crippen molar-refractivity contribution in [1.82, 2.24) is 0 Å². The minimum atomic E-state index is -0.414. The number of rotatable bonds is 6. The number of aryl methyl sites for hydroxylation is 1. The molecule has 0 unspecified atom stereocenters. The summed E-state index contributed by atoms with van der Waals surface area (Å²) >= 11 is 1.74. The highest BCUT2D eigenvalue weighted by molar-refractivity contribution is 14.1. The Balaban J connectivity index is 1.40. The summed E-state index contributed by atoms with van der Waals surface area (Å²) in [5.41, 5.74) is 0.816. The highest BCUT2D eigenvalue weighted by Crippen LogP contribution is 2.43. The zero-order chi connectivity index (χ0) is 18.5.